The van der Waals surface area contributed by atoms with Gasteiger partial charge in [0.25, 0.3) is 0 Å². The molecule has 302 valence electrons. The van der Waals surface area contributed by atoms with Gasteiger partial charge in [0.2, 0.25) is 12.5 Å². The number of aliphatic hydroxyl groups excluding tert-OH is 3. The van der Waals surface area contributed by atoms with Crippen molar-refractivity contribution in [3.05, 3.63) is 42.1 Å². The number of carbonyl (C=O) groups excluding carboxylic acids is 1. The number of aromatic nitrogens is 1. The molecule has 0 spiro atoms. The lowest BCUT2D eigenvalue weighted by atomic mass is 9.43. The van der Waals surface area contributed by atoms with E-state index in [1.165, 1.54) is 5.56 Å². The number of rotatable bonds is 10. The van der Waals surface area contributed by atoms with Gasteiger partial charge in [0, 0.05) is 25.3 Å². The number of aryl methyl sites for hydroxylation is 2. The number of fused-ring (bicyclic) bond motifs is 10. The summed E-state index contributed by atoms with van der Waals surface area (Å²) in [6, 6.07) is 10.4. The zero-order valence-corrected chi connectivity index (χ0v) is 33.5. The first kappa shape index (κ1) is 37.9. The Balaban J connectivity index is 0.788. The molecule has 2 aliphatic heterocycles. The molecule has 6 aliphatic rings. The number of carbonyl (C=O) groups is 1. The van der Waals surface area contributed by atoms with Crippen molar-refractivity contribution in [2.45, 2.75) is 116 Å². The van der Waals surface area contributed by atoms with Gasteiger partial charge in [0.1, 0.15) is 0 Å². The summed E-state index contributed by atoms with van der Waals surface area (Å²) >= 11 is 0. The van der Waals surface area contributed by atoms with Crippen LogP contribution in [0.4, 0.5) is 0 Å². The van der Waals surface area contributed by atoms with Gasteiger partial charge in [0.15, 0.2) is 35.7 Å². The Morgan fingerprint density at radius 1 is 1.00 bits per heavy atom. The first-order chi connectivity index (χ1) is 27.0. The van der Waals surface area contributed by atoms with Crippen LogP contribution in [0.3, 0.4) is 0 Å². The van der Waals surface area contributed by atoms with E-state index >= 15 is 0 Å². The summed E-state index contributed by atoms with van der Waals surface area (Å²) in [6.45, 7) is 8.61. The van der Waals surface area contributed by atoms with E-state index in [9.17, 15) is 20.1 Å². The van der Waals surface area contributed by atoms with Crippen LogP contribution in [-0.4, -0.2) is 66.7 Å². The molecule has 3 N–H and O–H groups in total. The molecule has 0 bridgehead atoms. The number of pyridine rings is 1. The number of hydrogen-bond donors (Lipinski definition) is 3. The molecule has 0 amide bonds. The second kappa shape index (κ2) is 14.7. The van der Waals surface area contributed by atoms with Crippen LogP contribution in [0.5, 0.6) is 23.0 Å². The van der Waals surface area contributed by atoms with Crippen molar-refractivity contribution in [1.82, 2.24) is 0 Å². The highest BCUT2D eigenvalue weighted by Gasteiger charge is 2.65. The lowest BCUT2D eigenvalue weighted by Crippen LogP contribution is -2.62. The van der Waals surface area contributed by atoms with E-state index in [4.69, 9.17) is 23.7 Å². The number of aliphatic hydroxyl groups is 3. The van der Waals surface area contributed by atoms with Gasteiger partial charge in [-0.3, -0.25) is 4.79 Å². The highest BCUT2D eigenvalue weighted by molar-refractivity contribution is 5.91. The molecule has 5 unspecified atom stereocenters. The molecule has 2 aromatic carbocycles. The molecule has 0 radical (unpaired) electrons. The number of esters is 1. The first-order valence-electron chi connectivity index (χ1n) is 21.3. The summed E-state index contributed by atoms with van der Waals surface area (Å²) in [6.07, 6.45) is 9.62. The monoisotopic (exact) mass is 770 g/mol. The minimum Gasteiger partial charge on any atom is -0.493 e. The lowest BCUT2D eigenvalue weighted by Gasteiger charge is -2.63. The number of nitrogens with zero attached hydrogens (tertiary/aromatic N) is 1. The van der Waals surface area contributed by atoms with Crippen molar-refractivity contribution >= 4 is 16.7 Å². The van der Waals surface area contributed by atoms with Gasteiger partial charge in [-0.2, -0.15) is 4.57 Å². The van der Waals surface area contributed by atoms with Crippen LogP contribution in [-0.2, 0) is 22.5 Å². The van der Waals surface area contributed by atoms with Crippen molar-refractivity contribution in [1.29, 1.82) is 0 Å². The largest absolute Gasteiger partial charge is 0.493 e. The normalized spacial score (nSPS) is 34.4. The average molecular weight is 771 g/mol. The summed E-state index contributed by atoms with van der Waals surface area (Å²) in [5.74, 6) is 4.32. The van der Waals surface area contributed by atoms with E-state index in [1.807, 2.05) is 6.07 Å². The first-order valence-corrected chi connectivity index (χ1v) is 21.3. The van der Waals surface area contributed by atoms with Crippen molar-refractivity contribution in [2.24, 2.45) is 46.3 Å². The van der Waals surface area contributed by atoms with Crippen LogP contribution in [0.2, 0.25) is 0 Å². The third kappa shape index (κ3) is 6.24. The Morgan fingerprint density at radius 3 is 2.64 bits per heavy atom. The number of methoxy groups -OCH3 is 1. The Labute approximate surface area is 330 Å². The van der Waals surface area contributed by atoms with Gasteiger partial charge >= 0.3 is 5.97 Å². The second-order valence-corrected chi connectivity index (χ2v) is 18.5. The molecule has 10 heteroatoms. The van der Waals surface area contributed by atoms with Crippen molar-refractivity contribution in [3.8, 4) is 34.3 Å². The molecule has 0 saturated heterocycles. The minimum atomic E-state index is -0.433. The maximum atomic E-state index is 13.0. The molecule has 56 heavy (non-hydrogen) atoms. The molecule has 4 aliphatic carbocycles. The molecule has 11 atom stereocenters. The van der Waals surface area contributed by atoms with Crippen LogP contribution in [0.25, 0.3) is 22.0 Å². The molecule has 1 aromatic heterocycles. The minimum absolute atomic E-state index is 0.0597. The Kier molecular flexibility index (Phi) is 9.93. The fourth-order valence-electron chi connectivity index (χ4n) is 12.9. The second-order valence-electron chi connectivity index (χ2n) is 18.5. The van der Waals surface area contributed by atoms with E-state index in [2.05, 4.69) is 55.8 Å². The Morgan fingerprint density at radius 2 is 1.82 bits per heavy atom. The molecule has 10 nitrogen and oxygen atoms in total. The van der Waals surface area contributed by atoms with Crippen molar-refractivity contribution in [3.63, 3.8) is 0 Å². The van der Waals surface area contributed by atoms with E-state index in [0.717, 1.165) is 91.4 Å². The summed E-state index contributed by atoms with van der Waals surface area (Å²) < 4.78 is 31.3. The van der Waals surface area contributed by atoms with Gasteiger partial charge in [0.05, 0.1) is 49.6 Å². The van der Waals surface area contributed by atoms with Crippen LogP contribution >= 0.6 is 0 Å². The maximum absolute atomic E-state index is 13.0. The van der Waals surface area contributed by atoms with E-state index < -0.39 is 6.10 Å². The van der Waals surface area contributed by atoms with E-state index in [0.29, 0.717) is 43.3 Å². The standard InChI is InChI=1S/C46H60NO9/c1-26(33-8-9-34-43-35(23-41(50)46(33,34)3)45(2)14-12-30(48)20-29(45)21-37(43)49)6-11-42(51)53-16-5-17-54-44-32-24-47-15-13-28-19-39-40(56-25-55-39)22-31(28)36(47)18-27(32)7-10-38(44)52-4/h7,10,18-19,22,24,26,29-30,33-35,37,41,43,48-50H,5-6,8-9,11-17,20-21,23,25H2,1-4H3/q+1/t26-,29?,30-,33?,34?,35?,37-,41+,43?,45+,46-/m1/s1. The molecule has 3 aromatic rings. The zero-order valence-electron chi connectivity index (χ0n) is 33.5. The van der Waals surface area contributed by atoms with Crippen LogP contribution in [0.1, 0.15) is 90.5 Å². The molecule has 9 rings (SSSR count). The van der Waals surface area contributed by atoms with Gasteiger partial charge in [-0.05, 0) is 133 Å². The summed E-state index contributed by atoms with van der Waals surface area (Å²) in [4.78, 5) is 13.0. The van der Waals surface area contributed by atoms with Gasteiger partial charge in [-0.1, -0.05) is 20.8 Å². The number of ether oxygens (including phenoxy) is 5. The van der Waals surface area contributed by atoms with Gasteiger partial charge in [-0.15, -0.1) is 0 Å². The van der Waals surface area contributed by atoms with E-state index in [1.54, 1.807) is 7.11 Å². The fourth-order valence-corrected chi connectivity index (χ4v) is 12.9. The SMILES string of the molecule is COc1ccc2cc3[n+](cc2c1OCCCOC(=O)CC[C@@H](C)C1CCC2C4C(C[C@H](O)[C@@]21C)[C@@]1(C)CC[C@@H](O)CC1C[C@H]4O)CCc1cc2c(cc1-3)OCO2. The Hall–Kier alpha value is -3.60. The van der Waals surface area contributed by atoms with Crippen molar-refractivity contribution < 1.29 is 48.4 Å². The number of benzene rings is 2. The summed E-state index contributed by atoms with van der Waals surface area (Å²) in [5.41, 5.74) is 3.30. The third-order valence-corrected chi connectivity index (χ3v) is 15.9. The third-order valence-electron chi connectivity index (χ3n) is 15.9. The highest BCUT2D eigenvalue weighted by atomic mass is 16.7. The van der Waals surface area contributed by atoms with Crippen LogP contribution in [0, 0.1) is 46.3 Å². The van der Waals surface area contributed by atoms with Crippen molar-refractivity contribution in [2.75, 3.05) is 27.1 Å². The number of hydrogen-bond acceptors (Lipinski definition) is 9. The molecule has 4 saturated carbocycles. The quantitative estimate of drug-likeness (QED) is 0.116. The topological polar surface area (TPSA) is 128 Å². The summed E-state index contributed by atoms with van der Waals surface area (Å²) in [7, 11) is 1.65. The molecular weight excluding hydrogens is 711 g/mol. The predicted octanol–water partition coefficient (Wildman–Crippen LogP) is 6.78. The predicted molar refractivity (Wildman–Crippen MR) is 209 cm³/mol. The Bertz CT molecular complexity index is 1980. The van der Waals surface area contributed by atoms with Gasteiger partial charge in [-0.25, -0.2) is 0 Å². The fraction of sp³-hybridized carbons (Fsp3) is 0.652. The van der Waals surface area contributed by atoms with Crippen LogP contribution in [0.15, 0.2) is 36.5 Å². The summed E-state index contributed by atoms with van der Waals surface area (Å²) in [5, 5.41) is 36.0. The maximum Gasteiger partial charge on any atom is 0.305 e. The van der Waals surface area contributed by atoms with E-state index in [-0.39, 0.29) is 72.0 Å². The molecule has 4 fully saturated rings. The molecular formula is C46H60NO9+. The zero-order chi connectivity index (χ0) is 38.9. The lowest BCUT2D eigenvalue weighted by molar-refractivity contribution is -0.686. The van der Waals surface area contributed by atoms with Crippen LogP contribution < -0.4 is 23.5 Å². The van der Waals surface area contributed by atoms with Gasteiger partial charge < -0.3 is 39.0 Å². The highest BCUT2D eigenvalue weighted by Crippen LogP contribution is 2.68. The average Bonchev–Trinajstić information content (AvgIpc) is 3.80. The smallest absolute Gasteiger partial charge is 0.305 e. The molecule has 3 heterocycles.